The van der Waals surface area contributed by atoms with Gasteiger partial charge in [0.2, 0.25) is 0 Å². The summed E-state index contributed by atoms with van der Waals surface area (Å²) in [5.41, 5.74) is 1.86. The molecule has 0 aliphatic carbocycles. The zero-order chi connectivity index (χ0) is 9.68. The number of hydrogen-bond donors (Lipinski definition) is 2. The summed E-state index contributed by atoms with van der Waals surface area (Å²) >= 11 is 0. The largest absolute Gasteiger partial charge is 0.330 e. The lowest BCUT2D eigenvalue weighted by molar-refractivity contribution is 0.255. The van der Waals surface area contributed by atoms with E-state index in [1.807, 2.05) is 37.2 Å². The Hall–Kier alpha value is -1.95. The zero-order valence-electron chi connectivity index (χ0n) is 7.29. The maximum atomic E-state index is 10.9. The normalized spacial score (nSPS) is 8.62. The minimum absolute atomic E-state index is 0.397. The standard InChI is InChI=1S/C10H10N2O/c1-3-11-10(13)12-9-6-4-8(2)5-7-9/h1,4-7H,2H3,(H2,11,12,13). The van der Waals surface area contributed by atoms with Gasteiger partial charge in [0.1, 0.15) is 0 Å². The van der Waals surface area contributed by atoms with Crippen LogP contribution in [-0.4, -0.2) is 6.03 Å². The van der Waals surface area contributed by atoms with Crippen molar-refractivity contribution in [3.63, 3.8) is 0 Å². The molecule has 0 aliphatic rings. The zero-order valence-corrected chi connectivity index (χ0v) is 7.29. The van der Waals surface area contributed by atoms with Crippen molar-refractivity contribution in [2.75, 3.05) is 5.32 Å². The minimum atomic E-state index is -0.397. The molecule has 3 nitrogen and oxygen atoms in total. The molecule has 1 aromatic carbocycles. The topological polar surface area (TPSA) is 41.1 Å². The predicted molar refractivity (Wildman–Crippen MR) is 52.2 cm³/mol. The molecule has 0 aliphatic heterocycles. The Morgan fingerprint density at radius 2 is 2.00 bits per heavy atom. The van der Waals surface area contributed by atoms with Gasteiger partial charge >= 0.3 is 6.03 Å². The molecule has 13 heavy (non-hydrogen) atoms. The van der Waals surface area contributed by atoms with E-state index in [9.17, 15) is 4.79 Å². The number of benzene rings is 1. The molecule has 0 heterocycles. The Morgan fingerprint density at radius 3 is 2.54 bits per heavy atom. The summed E-state index contributed by atoms with van der Waals surface area (Å²) in [5.74, 6) is 0. The van der Waals surface area contributed by atoms with E-state index in [4.69, 9.17) is 6.42 Å². The smallest absolute Gasteiger partial charge is 0.307 e. The average molecular weight is 174 g/mol. The molecule has 2 N–H and O–H groups in total. The maximum absolute atomic E-state index is 10.9. The summed E-state index contributed by atoms with van der Waals surface area (Å²) in [6.07, 6.45) is 4.89. The summed E-state index contributed by atoms with van der Waals surface area (Å²) in [7, 11) is 0. The van der Waals surface area contributed by atoms with Crippen LogP contribution in [-0.2, 0) is 0 Å². The minimum Gasteiger partial charge on any atom is -0.307 e. The van der Waals surface area contributed by atoms with E-state index in [1.165, 1.54) is 0 Å². The van der Waals surface area contributed by atoms with Gasteiger partial charge in [0.25, 0.3) is 0 Å². The van der Waals surface area contributed by atoms with E-state index in [2.05, 4.69) is 10.6 Å². The Bertz CT molecular complexity index is 335. The van der Waals surface area contributed by atoms with Crippen LogP contribution in [0.25, 0.3) is 0 Å². The Kier molecular flexibility index (Phi) is 2.93. The Balaban J connectivity index is 2.60. The average Bonchev–Trinajstić information content (AvgIpc) is 2.09. The van der Waals surface area contributed by atoms with Crippen molar-refractivity contribution in [3.8, 4) is 12.5 Å². The number of nitrogens with one attached hydrogen (secondary N) is 2. The maximum Gasteiger partial charge on any atom is 0.330 e. The Morgan fingerprint density at radius 1 is 1.38 bits per heavy atom. The quantitative estimate of drug-likeness (QED) is 0.494. The molecular weight excluding hydrogens is 164 g/mol. The molecule has 1 aromatic rings. The van der Waals surface area contributed by atoms with Gasteiger partial charge in [-0.2, -0.15) is 0 Å². The molecule has 0 aromatic heterocycles. The lowest BCUT2D eigenvalue weighted by Gasteiger charge is -2.02. The van der Waals surface area contributed by atoms with Gasteiger partial charge < -0.3 is 5.32 Å². The van der Waals surface area contributed by atoms with Gasteiger partial charge in [0.15, 0.2) is 0 Å². The van der Waals surface area contributed by atoms with E-state index in [-0.39, 0.29) is 0 Å². The van der Waals surface area contributed by atoms with E-state index in [1.54, 1.807) is 0 Å². The number of carbonyl (C=O) groups excluding carboxylic acids is 1. The van der Waals surface area contributed by atoms with Gasteiger partial charge in [-0.25, -0.2) is 4.79 Å². The van der Waals surface area contributed by atoms with Gasteiger partial charge in [-0.05, 0) is 19.1 Å². The molecule has 0 unspecified atom stereocenters. The molecule has 1 rings (SSSR count). The van der Waals surface area contributed by atoms with Crippen LogP contribution < -0.4 is 10.6 Å². The lowest BCUT2D eigenvalue weighted by Crippen LogP contribution is -2.23. The number of carbonyl (C=O) groups is 1. The van der Waals surface area contributed by atoms with Crippen LogP contribution in [0.2, 0.25) is 0 Å². The van der Waals surface area contributed by atoms with Crippen LogP contribution in [0.3, 0.4) is 0 Å². The SMILES string of the molecule is C#CNC(=O)Nc1ccc(C)cc1. The Labute approximate surface area is 77.2 Å². The van der Waals surface area contributed by atoms with Crippen molar-refractivity contribution in [2.45, 2.75) is 6.92 Å². The summed E-state index contributed by atoms with van der Waals surface area (Å²) in [4.78, 5) is 10.9. The highest BCUT2D eigenvalue weighted by Gasteiger charge is 1.97. The van der Waals surface area contributed by atoms with Crippen LogP contribution in [0.1, 0.15) is 5.56 Å². The number of anilines is 1. The van der Waals surface area contributed by atoms with E-state index < -0.39 is 6.03 Å². The number of terminal acetylenes is 1. The molecule has 0 spiro atoms. The summed E-state index contributed by atoms with van der Waals surface area (Å²) in [5, 5.41) is 4.76. The number of hydrogen-bond acceptors (Lipinski definition) is 1. The molecule has 3 heteroatoms. The first-order chi connectivity index (χ1) is 6.22. The number of urea groups is 1. The van der Waals surface area contributed by atoms with Crippen molar-refractivity contribution in [1.82, 2.24) is 5.32 Å². The van der Waals surface area contributed by atoms with E-state index in [0.717, 1.165) is 11.3 Å². The van der Waals surface area contributed by atoms with Gasteiger partial charge in [0.05, 0.1) is 0 Å². The van der Waals surface area contributed by atoms with Crippen LogP contribution in [0.4, 0.5) is 10.5 Å². The molecule has 0 saturated heterocycles. The molecule has 0 atom stereocenters. The van der Waals surface area contributed by atoms with E-state index >= 15 is 0 Å². The summed E-state index contributed by atoms with van der Waals surface area (Å²) in [6.45, 7) is 1.98. The monoisotopic (exact) mass is 174 g/mol. The van der Waals surface area contributed by atoms with E-state index in [0.29, 0.717) is 0 Å². The van der Waals surface area contributed by atoms with Crippen molar-refractivity contribution in [3.05, 3.63) is 29.8 Å². The lowest BCUT2D eigenvalue weighted by atomic mass is 10.2. The van der Waals surface area contributed by atoms with Crippen molar-refractivity contribution >= 4 is 11.7 Å². The molecule has 0 saturated carbocycles. The molecule has 2 amide bonds. The second-order valence-corrected chi connectivity index (χ2v) is 2.59. The number of aryl methyl sites for hydroxylation is 1. The first-order valence-electron chi connectivity index (χ1n) is 3.81. The van der Waals surface area contributed by atoms with Crippen LogP contribution >= 0.6 is 0 Å². The van der Waals surface area contributed by atoms with Gasteiger partial charge in [-0.3, -0.25) is 5.32 Å². The third-order valence-electron chi connectivity index (χ3n) is 1.50. The van der Waals surface area contributed by atoms with Crippen LogP contribution in [0.15, 0.2) is 24.3 Å². The fourth-order valence-corrected chi connectivity index (χ4v) is 0.865. The van der Waals surface area contributed by atoms with Crippen LogP contribution in [0, 0.1) is 19.4 Å². The molecular formula is C10H10N2O. The third kappa shape index (κ3) is 2.88. The molecule has 0 bridgehead atoms. The summed E-state index contributed by atoms with van der Waals surface area (Å²) < 4.78 is 0. The second kappa shape index (κ2) is 4.17. The fraction of sp³-hybridized carbons (Fsp3) is 0.100. The highest BCUT2D eigenvalue weighted by atomic mass is 16.2. The first-order valence-corrected chi connectivity index (χ1v) is 3.81. The summed E-state index contributed by atoms with van der Waals surface area (Å²) in [6, 6.07) is 9.08. The second-order valence-electron chi connectivity index (χ2n) is 2.59. The van der Waals surface area contributed by atoms with Crippen LogP contribution in [0.5, 0.6) is 0 Å². The number of amides is 2. The third-order valence-corrected chi connectivity index (χ3v) is 1.50. The first kappa shape index (κ1) is 9.14. The molecule has 0 radical (unpaired) electrons. The predicted octanol–water partition coefficient (Wildman–Crippen LogP) is 1.71. The van der Waals surface area contributed by atoms with Crippen molar-refractivity contribution in [1.29, 1.82) is 0 Å². The fourth-order valence-electron chi connectivity index (χ4n) is 0.865. The molecule has 66 valence electrons. The van der Waals surface area contributed by atoms with Crippen molar-refractivity contribution < 1.29 is 4.79 Å². The number of rotatable bonds is 1. The van der Waals surface area contributed by atoms with Gasteiger partial charge in [-0.1, -0.05) is 24.1 Å². The highest BCUT2D eigenvalue weighted by Crippen LogP contribution is 2.07. The van der Waals surface area contributed by atoms with Gasteiger partial charge in [0, 0.05) is 11.7 Å². The van der Waals surface area contributed by atoms with Crippen molar-refractivity contribution in [2.24, 2.45) is 0 Å². The van der Waals surface area contributed by atoms with Gasteiger partial charge in [-0.15, -0.1) is 0 Å². The molecule has 0 fully saturated rings. The highest BCUT2D eigenvalue weighted by molar-refractivity contribution is 5.90.